The Morgan fingerprint density at radius 1 is 1.27 bits per heavy atom. The highest BCUT2D eigenvalue weighted by atomic mass is 15.3. The van der Waals surface area contributed by atoms with Crippen LogP contribution in [0.4, 0.5) is 0 Å². The fourth-order valence-corrected chi connectivity index (χ4v) is 4.46. The van der Waals surface area contributed by atoms with Gasteiger partial charge in [0.05, 0.1) is 24.0 Å². The van der Waals surface area contributed by atoms with E-state index in [1.165, 1.54) is 24.0 Å². The molecule has 0 radical (unpaired) electrons. The molecule has 4 nitrogen and oxygen atoms in total. The minimum Gasteiger partial charge on any atom is -0.315 e. The molecule has 0 heterocycles. The molecule has 160 valence electrons. The van der Waals surface area contributed by atoms with Crippen molar-refractivity contribution >= 4 is 5.84 Å². The predicted octanol–water partition coefficient (Wildman–Crippen LogP) is 5.80. The molecule has 0 aromatic heterocycles. The molecule has 0 saturated heterocycles. The van der Waals surface area contributed by atoms with Gasteiger partial charge >= 0.3 is 0 Å². The van der Waals surface area contributed by atoms with Crippen molar-refractivity contribution in [2.24, 2.45) is 4.99 Å². The Labute approximate surface area is 182 Å². The molecule has 1 aromatic carbocycles. The maximum atomic E-state index is 9.55. The fourth-order valence-electron chi connectivity index (χ4n) is 4.46. The first-order valence-corrected chi connectivity index (χ1v) is 10.8. The maximum Gasteiger partial charge on any atom is 0.110 e. The molecule has 0 amide bonds. The van der Waals surface area contributed by atoms with Gasteiger partial charge in [-0.2, -0.15) is 5.26 Å². The highest BCUT2D eigenvalue weighted by Gasteiger charge is 2.38. The maximum absolute atomic E-state index is 9.55. The molecular formula is C26H36N4. The number of amidine groups is 1. The Morgan fingerprint density at radius 3 is 2.50 bits per heavy atom. The van der Waals surface area contributed by atoms with Crippen LogP contribution in [0.15, 0.2) is 66.0 Å². The second-order valence-corrected chi connectivity index (χ2v) is 8.42. The zero-order valence-corrected chi connectivity index (χ0v) is 19.1. The van der Waals surface area contributed by atoms with Crippen molar-refractivity contribution in [3.8, 4) is 6.07 Å². The number of allylic oxidation sites excluding steroid dienone is 2. The average molecular weight is 405 g/mol. The summed E-state index contributed by atoms with van der Waals surface area (Å²) in [6.07, 6.45) is 9.99. The quantitative estimate of drug-likeness (QED) is 0.172. The molecule has 1 fully saturated rings. The van der Waals surface area contributed by atoms with E-state index in [1.54, 1.807) is 12.3 Å². The first kappa shape index (κ1) is 23.6. The number of benzene rings is 1. The fraction of sp³-hybridized carbons (Fsp3) is 0.462. The van der Waals surface area contributed by atoms with Crippen molar-refractivity contribution in [1.82, 2.24) is 9.80 Å². The lowest BCUT2D eigenvalue weighted by Crippen LogP contribution is -2.41. The van der Waals surface area contributed by atoms with Crippen molar-refractivity contribution in [3.63, 3.8) is 0 Å². The van der Waals surface area contributed by atoms with Gasteiger partial charge in [-0.1, -0.05) is 57.2 Å². The van der Waals surface area contributed by atoms with Gasteiger partial charge in [0.1, 0.15) is 5.84 Å². The molecule has 0 spiro atoms. The molecule has 4 heteroatoms. The summed E-state index contributed by atoms with van der Waals surface area (Å²) >= 11 is 0. The summed E-state index contributed by atoms with van der Waals surface area (Å²) in [6, 6.07) is 11.3. The van der Waals surface area contributed by atoms with Crippen LogP contribution in [0, 0.1) is 11.3 Å². The molecule has 0 unspecified atom stereocenters. The van der Waals surface area contributed by atoms with E-state index >= 15 is 0 Å². The minimum atomic E-state index is 0.0599. The molecule has 0 aliphatic heterocycles. The molecule has 30 heavy (non-hydrogen) atoms. The third-order valence-electron chi connectivity index (χ3n) is 6.02. The van der Waals surface area contributed by atoms with Crippen LogP contribution in [0.25, 0.3) is 0 Å². The molecule has 0 atom stereocenters. The predicted molar refractivity (Wildman–Crippen MR) is 127 cm³/mol. The highest BCUT2D eigenvalue weighted by molar-refractivity contribution is 5.86. The second kappa shape index (κ2) is 10.9. The number of hydrogen-bond donors (Lipinski definition) is 0. The van der Waals surface area contributed by atoms with Gasteiger partial charge in [0, 0.05) is 18.0 Å². The molecule has 1 saturated carbocycles. The van der Waals surface area contributed by atoms with Gasteiger partial charge in [-0.3, -0.25) is 4.90 Å². The van der Waals surface area contributed by atoms with Crippen LogP contribution in [0.5, 0.6) is 0 Å². The van der Waals surface area contributed by atoms with Gasteiger partial charge < -0.3 is 4.90 Å². The van der Waals surface area contributed by atoms with E-state index in [-0.39, 0.29) is 5.41 Å². The largest absolute Gasteiger partial charge is 0.315 e. The average Bonchev–Trinajstić information content (AvgIpc) is 3.22. The molecule has 0 N–H and O–H groups in total. The molecule has 1 aromatic rings. The molecule has 2 rings (SSSR count). The number of rotatable bonds is 9. The molecule has 1 aliphatic rings. The van der Waals surface area contributed by atoms with E-state index in [1.807, 2.05) is 21.0 Å². The van der Waals surface area contributed by atoms with E-state index in [9.17, 15) is 5.26 Å². The van der Waals surface area contributed by atoms with E-state index in [0.717, 1.165) is 37.2 Å². The summed E-state index contributed by atoms with van der Waals surface area (Å²) in [6.45, 7) is 12.5. The van der Waals surface area contributed by atoms with Crippen LogP contribution < -0.4 is 0 Å². The standard InChI is InChI=1S/C26H36N4/c1-7-22-13-12-14-23(17-22)26(15-10-11-16-26)18-25(28-9-3)30(20-29(5)6)24(8-2)21(4)19-27/h8-9,12-14,17H,2-3,7,10-11,15-16,18,20H2,1,4-6H3/b24-21+,28-25?. The number of aliphatic imine (C=N–C) groups is 1. The highest BCUT2D eigenvalue weighted by Crippen LogP contribution is 2.45. The number of nitrogens with zero attached hydrogens (tertiary/aromatic N) is 4. The van der Waals surface area contributed by atoms with Gasteiger partial charge in [0.25, 0.3) is 0 Å². The smallest absolute Gasteiger partial charge is 0.110 e. The molecule has 0 bridgehead atoms. The first-order valence-electron chi connectivity index (χ1n) is 10.8. The lowest BCUT2D eigenvalue weighted by molar-refractivity contribution is 0.288. The van der Waals surface area contributed by atoms with Crippen LogP contribution in [0.1, 0.15) is 57.1 Å². The van der Waals surface area contributed by atoms with Gasteiger partial charge in [-0.25, -0.2) is 4.99 Å². The number of nitriles is 1. The van der Waals surface area contributed by atoms with E-state index < -0.39 is 0 Å². The Bertz CT molecular complexity index is 848. The normalized spacial score (nSPS) is 16.7. The van der Waals surface area contributed by atoms with Gasteiger partial charge in [0.15, 0.2) is 0 Å². The van der Waals surface area contributed by atoms with Crippen LogP contribution >= 0.6 is 0 Å². The number of hydrogen-bond acceptors (Lipinski definition) is 3. The zero-order valence-electron chi connectivity index (χ0n) is 19.1. The van der Waals surface area contributed by atoms with Crippen molar-refractivity contribution in [3.05, 3.63) is 72.1 Å². The lowest BCUT2D eigenvalue weighted by Gasteiger charge is -2.36. The van der Waals surface area contributed by atoms with E-state index in [0.29, 0.717) is 12.2 Å². The lowest BCUT2D eigenvalue weighted by atomic mass is 9.75. The Balaban J connectivity index is 2.55. The SMILES string of the molecule is C=CN=C(CC1(c2cccc(CC)c2)CCCC1)N(CN(C)C)/C(C=C)=C(\C)C#N. The number of aryl methyl sites for hydroxylation is 1. The minimum absolute atomic E-state index is 0.0599. The van der Waals surface area contributed by atoms with E-state index in [4.69, 9.17) is 4.99 Å². The topological polar surface area (TPSA) is 42.6 Å². The van der Waals surface area contributed by atoms with Crippen LogP contribution in [0.3, 0.4) is 0 Å². The summed E-state index contributed by atoms with van der Waals surface area (Å²) in [5.74, 6) is 0.937. The van der Waals surface area contributed by atoms with Crippen LogP contribution in [-0.4, -0.2) is 36.4 Å². The summed E-state index contributed by atoms with van der Waals surface area (Å²) in [7, 11) is 4.05. The summed E-state index contributed by atoms with van der Waals surface area (Å²) in [4.78, 5) is 8.94. The van der Waals surface area contributed by atoms with Gasteiger partial charge in [0.2, 0.25) is 0 Å². The molecule has 1 aliphatic carbocycles. The summed E-state index contributed by atoms with van der Waals surface area (Å²) in [5.41, 5.74) is 4.28. The van der Waals surface area contributed by atoms with Crippen LogP contribution in [0.2, 0.25) is 0 Å². The zero-order chi connectivity index (χ0) is 22.1. The van der Waals surface area contributed by atoms with Crippen molar-refractivity contribution in [2.45, 2.75) is 57.8 Å². The first-order chi connectivity index (χ1) is 14.4. The van der Waals surface area contributed by atoms with Crippen molar-refractivity contribution in [1.29, 1.82) is 5.26 Å². The van der Waals surface area contributed by atoms with Gasteiger partial charge in [-0.05, 0) is 57.5 Å². The summed E-state index contributed by atoms with van der Waals surface area (Å²) < 4.78 is 0. The van der Waals surface area contributed by atoms with E-state index in [2.05, 4.69) is 60.2 Å². The Kier molecular flexibility index (Phi) is 8.62. The second-order valence-electron chi connectivity index (χ2n) is 8.42. The summed E-state index contributed by atoms with van der Waals surface area (Å²) in [5, 5.41) is 9.55. The third kappa shape index (κ3) is 5.49. The molecular weight excluding hydrogens is 368 g/mol. The Hall–Kier alpha value is -2.64. The van der Waals surface area contributed by atoms with Crippen molar-refractivity contribution in [2.75, 3.05) is 20.8 Å². The van der Waals surface area contributed by atoms with Crippen LogP contribution in [-0.2, 0) is 11.8 Å². The Morgan fingerprint density at radius 2 is 1.97 bits per heavy atom. The van der Waals surface area contributed by atoms with Crippen molar-refractivity contribution < 1.29 is 0 Å². The monoisotopic (exact) mass is 404 g/mol. The third-order valence-corrected chi connectivity index (χ3v) is 6.02. The van der Waals surface area contributed by atoms with Gasteiger partial charge in [-0.15, -0.1) is 0 Å².